The molecule has 1 aromatic carbocycles. The van der Waals surface area contributed by atoms with Crippen LogP contribution in [0.5, 0.6) is 0 Å². The van der Waals surface area contributed by atoms with Crippen LogP contribution < -0.4 is 0 Å². The third-order valence-electron chi connectivity index (χ3n) is 1.42. The smallest absolute Gasteiger partial charge is 0.211 e. The van der Waals surface area contributed by atoms with Crippen LogP contribution in [0.1, 0.15) is 5.82 Å². The van der Waals surface area contributed by atoms with Crippen molar-refractivity contribution in [1.29, 1.82) is 5.26 Å². The lowest BCUT2D eigenvalue weighted by Crippen LogP contribution is -1.71. The number of hydrogen-bond donors (Lipinski definition) is 1. The van der Waals surface area contributed by atoms with E-state index in [0.717, 1.165) is 5.52 Å². The largest absolute Gasteiger partial charge is 0.329 e. The van der Waals surface area contributed by atoms with Crippen molar-refractivity contribution in [3.8, 4) is 6.07 Å². The summed E-state index contributed by atoms with van der Waals surface area (Å²) in [6, 6.07) is 10.3. The number of H-pyrrole nitrogens is 1. The van der Waals surface area contributed by atoms with Crippen molar-refractivity contribution < 1.29 is 0 Å². The summed E-state index contributed by atoms with van der Waals surface area (Å²) in [5.41, 5.74) is 1.56. The summed E-state index contributed by atoms with van der Waals surface area (Å²) in [7, 11) is 0. The van der Waals surface area contributed by atoms with Crippen molar-refractivity contribution in [2.45, 2.75) is 0 Å². The third kappa shape index (κ3) is 0.849. The van der Waals surface area contributed by atoms with Gasteiger partial charge in [0.2, 0.25) is 5.82 Å². The van der Waals surface area contributed by atoms with Gasteiger partial charge in [0, 0.05) is 6.07 Å². The minimum Gasteiger partial charge on any atom is -0.329 e. The predicted octanol–water partition coefficient (Wildman–Crippen LogP) is 1.23. The molecular weight excluding hydrogens is 138 g/mol. The summed E-state index contributed by atoms with van der Waals surface area (Å²) in [6.45, 7) is 0. The van der Waals surface area contributed by atoms with E-state index in [9.17, 15) is 0 Å². The molecule has 0 saturated carbocycles. The third-order valence-corrected chi connectivity index (χ3v) is 1.42. The molecule has 2 rings (SSSR count). The van der Waals surface area contributed by atoms with Crippen LogP contribution in [0.25, 0.3) is 11.0 Å². The van der Waals surface area contributed by atoms with Gasteiger partial charge in [0.1, 0.15) is 6.07 Å². The maximum Gasteiger partial charge on any atom is 0.211 e. The minimum absolute atomic E-state index is 0.336. The molecule has 1 N–H and O–H groups in total. The van der Waals surface area contributed by atoms with Gasteiger partial charge in [-0.3, -0.25) is 0 Å². The first-order valence-corrected chi connectivity index (χ1v) is 3.16. The molecule has 2 aromatic rings. The van der Waals surface area contributed by atoms with Crippen LogP contribution in [0, 0.1) is 17.4 Å². The van der Waals surface area contributed by atoms with Crippen LogP contribution in [0.4, 0.5) is 0 Å². The molecule has 11 heavy (non-hydrogen) atoms. The lowest BCUT2D eigenvalue weighted by molar-refractivity contribution is 1.25. The molecule has 0 atom stereocenters. The van der Waals surface area contributed by atoms with E-state index in [2.05, 4.69) is 16.0 Å². The van der Waals surface area contributed by atoms with Crippen LogP contribution in [0.2, 0.25) is 0 Å². The maximum absolute atomic E-state index is 8.48. The van der Waals surface area contributed by atoms with E-state index in [1.807, 2.05) is 18.2 Å². The fraction of sp³-hybridized carbons (Fsp3) is 0. The van der Waals surface area contributed by atoms with E-state index in [1.165, 1.54) is 0 Å². The first kappa shape index (κ1) is 5.93. The molecule has 0 bridgehead atoms. The molecule has 51 valence electrons. The molecular formula is C8H4N3. The number of nitriles is 1. The molecule has 0 unspecified atom stereocenters. The molecule has 1 aromatic heterocycles. The minimum atomic E-state index is 0.336. The zero-order chi connectivity index (χ0) is 7.68. The molecule has 0 saturated heterocycles. The number of imidazole rings is 1. The Morgan fingerprint density at radius 2 is 2.55 bits per heavy atom. The number of rotatable bonds is 0. The summed E-state index contributed by atoms with van der Waals surface area (Å²) in [5, 5.41) is 8.48. The molecule has 0 aliphatic rings. The molecule has 0 amide bonds. The normalized spacial score (nSPS) is 9.73. The van der Waals surface area contributed by atoms with Gasteiger partial charge in [-0.15, -0.1) is 0 Å². The molecule has 1 radical (unpaired) electrons. The number of para-hydroxylation sites is 1. The van der Waals surface area contributed by atoms with Crippen LogP contribution in [-0.4, -0.2) is 9.97 Å². The van der Waals surface area contributed by atoms with E-state index in [1.54, 1.807) is 6.07 Å². The van der Waals surface area contributed by atoms with Crippen LogP contribution in [-0.2, 0) is 0 Å². The number of benzene rings is 1. The zero-order valence-electron chi connectivity index (χ0n) is 5.63. The van der Waals surface area contributed by atoms with Crippen LogP contribution in [0.3, 0.4) is 0 Å². The Labute approximate surface area is 63.3 Å². The number of nitrogens with zero attached hydrogens (tertiary/aromatic N) is 2. The van der Waals surface area contributed by atoms with Crippen LogP contribution >= 0.6 is 0 Å². The Morgan fingerprint density at radius 1 is 1.64 bits per heavy atom. The number of fused-ring (bicyclic) bond motifs is 1. The van der Waals surface area contributed by atoms with Crippen molar-refractivity contribution in [3.63, 3.8) is 0 Å². The fourth-order valence-electron chi connectivity index (χ4n) is 0.942. The van der Waals surface area contributed by atoms with Gasteiger partial charge in [-0.1, -0.05) is 12.1 Å². The Hall–Kier alpha value is -1.82. The Kier molecular flexibility index (Phi) is 1.13. The number of aromatic amines is 1. The van der Waals surface area contributed by atoms with Gasteiger partial charge in [-0.25, -0.2) is 4.98 Å². The maximum atomic E-state index is 8.48. The second-order valence-corrected chi connectivity index (χ2v) is 2.13. The zero-order valence-corrected chi connectivity index (χ0v) is 5.63. The molecule has 0 aliphatic heterocycles. The average Bonchev–Trinajstić information content (AvgIpc) is 2.46. The van der Waals surface area contributed by atoms with E-state index < -0.39 is 0 Å². The SMILES string of the molecule is N#Cc1nc2[c]cccc2[nH]1. The van der Waals surface area contributed by atoms with E-state index in [4.69, 9.17) is 5.26 Å². The average molecular weight is 142 g/mol. The highest BCUT2D eigenvalue weighted by molar-refractivity contribution is 5.74. The Morgan fingerprint density at radius 3 is 3.27 bits per heavy atom. The number of nitrogens with one attached hydrogen (secondary N) is 1. The van der Waals surface area contributed by atoms with Gasteiger partial charge in [0.15, 0.2) is 0 Å². The lowest BCUT2D eigenvalue weighted by atomic mass is 10.3. The lowest BCUT2D eigenvalue weighted by Gasteiger charge is -1.80. The summed E-state index contributed by atoms with van der Waals surface area (Å²) >= 11 is 0. The summed E-state index contributed by atoms with van der Waals surface area (Å²) in [4.78, 5) is 6.80. The van der Waals surface area contributed by atoms with Gasteiger partial charge in [0.25, 0.3) is 0 Å². The molecule has 3 heteroatoms. The highest BCUT2D eigenvalue weighted by Crippen LogP contribution is 2.08. The van der Waals surface area contributed by atoms with E-state index >= 15 is 0 Å². The number of aromatic nitrogens is 2. The summed E-state index contributed by atoms with van der Waals surface area (Å²) in [6.07, 6.45) is 0. The van der Waals surface area contributed by atoms with Crippen molar-refractivity contribution in [1.82, 2.24) is 9.97 Å². The summed E-state index contributed by atoms with van der Waals surface area (Å²) in [5.74, 6) is 0.336. The molecule has 0 fully saturated rings. The predicted molar refractivity (Wildman–Crippen MR) is 39.6 cm³/mol. The quantitative estimate of drug-likeness (QED) is 0.601. The molecule has 3 nitrogen and oxygen atoms in total. The monoisotopic (exact) mass is 142 g/mol. The van der Waals surface area contributed by atoms with Crippen LogP contribution in [0.15, 0.2) is 18.2 Å². The van der Waals surface area contributed by atoms with Gasteiger partial charge >= 0.3 is 0 Å². The van der Waals surface area contributed by atoms with Crippen molar-refractivity contribution in [2.24, 2.45) is 0 Å². The van der Waals surface area contributed by atoms with Crippen molar-refractivity contribution >= 4 is 11.0 Å². The van der Waals surface area contributed by atoms with E-state index in [0.29, 0.717) is 11.3 Å². The standard InChI is InChI=1S/C8H4N3/c9-5-8-10-6-3-1-2-4-7(6)11-8/h1-3H,(H,10,11). The van der Waals surface area contributed by atoms with Gasteiger partial charge in [-0.05, 0) is 6.07 Å². The number of hydrogen-bond acceptors (Lipinski definition) is 2. The van der Waals surface area contributed by atoms with E-state index in [-0.39, 0.29) is 0 Å². The van der Waals surface area contributed by atoms with Gasteiger partial charge < -0.3 is 4.98 Å². The molecule has 1 heterocycles. The van der Waals surface area contributed by atoms with Gasteiger partial charge in [0.05, 0.1) is 11.0 Å². The first-order chi connectivity index (χ1) is 5.40. The highest BCUT2D eigenvalue weighted by Gasteiger charge is 1.98. The molecule has 0 spiro atoms. The highest BCUT2D eigenvalue weighted by atomic mass is 14.9. The fourth-order valence-corrected chi connectivity index (χ4v) is 0.942. The first-order valence-electron chi connectivity index (χ1n) is 3.16. The van der Waals surface area contributed by atoms with Crippen molar-refractivity contribution in [3.05, 3.63) is 30.1 Å². The second kappa shape index (κ2) is 2.10. The second-order valence-electron chi connectivity index (χ2n) is 2.13. The van der Waals surface area contributed by atoms with Gasteiger partial charge in [-0.2, -0.15) is 5.26 Å². The Balaban J connectivity index is 2.81. The van der Waals surface area contributed by atoms with Crippen molar-refractivity contribution in [2.75, 3.05) is 0 Å². The summed E-state index contributed by atoms with van der Waals surface area (Å²) < 4.78 is 0. The molecule has 0 aliphatic carbocycles. The topological polar surface area (TPSA) is 52.5 Å². The Bertz CT molecular complexity index is 389.